The van der Waals surface area contributed by atoms with Crippen LogP contribution in [0.1, 0.15) is 22.3 Å². The van der Waals surface area contributed by atoms with Crippen LogP contribution in [0.25, 0.3) is 6.08 Å². The molecule has 1 N–H and O–H groups in total. The van der Waals surface area contributed by atoms with Gasteiger partial charge in [-0.05, 0) is 34.4 Å². The van der Waals surface area contributed by atoms with E-state index in [9.17, 15) is 9.59 Å². The van der Waals surface area contributed by atoms with Crippen LogP contribution in [0.5, 0.6) is 0 Å². The Kier molecular flexibility index (Phi) is 5.18. The first-order valence-corrected chi connectivity index (χ1v) is 13.0. The van der Waals surface area contributed by atoms with E-state index in [1.54, 1.807) is 4.90 Å². The molecule has 4 aromatic rings. The van der Waals surface area contributed by atoms with Crippen LogP contribution in [0.15, 0.2) is 121 Å². The number of para-hydroxylation sites is 1. The second-order valence-electron chi connectivity index (χ2n) is 10.2. The first kappa shape index (κ1) is 22.5. The van der Waals surface area contributed by atoms with Crippen LogP contribution in [0.4, 0.5) is 5.69 Å². The van der Waals surface area contributed by atoms with Gasteiger partial charge in [-0.1, -0.05) is 109 Å². The minimum absolute atomic E-state index is 0.0263. The van der Waals surface area contributed by atoms with Crippen molar-refractivity contribution in [1.29, 1.82) is 0 Å². The molecule has 7 rings (SSSR count). The van der Waals surface area contributed by atoms with E-state index >= 15 is 0 Å². The lowest BCUT2D eigenvalue weighted by Crippen LogP contribution is -2.46. The molecule has 5 nitrogen and oxygen atoms in total. The van der Waals surface area contributed by atoms with Gasteiger partial charge >= 0.3 is 0 Å². The lowest BCUT2D eigenvalue weighted by Gasteiger charge is -2.31. The van der Waals surface area contributed by atoms with Gasteiger partial charge in [0.25, 0.3) is 5.91 Å². The molecule has 4 aromatic carbocycles. The zero-order chi connectivity index (χ0) is 25.7. The molecule has 0 bridgehead atoms. The molecular weight excluding hydrogens is 470 g/mol. The van der Waals surface area contributed by atoms with Gasteiger partial charge in [0.05, 0.1) is 5.41 Å². The summed E-state index contributed by atoms with van der Waals surface area (Å²) in [5.74, 6) is -0.111. The van der Waals surface area contributed by atoms with Crippen molar-refractivity contribution in [1.82, 2.24) is 9.80 Å². The van der Waals surface area contributed by atoms with Gasteiger partial charge in [-0.15, -0.1) is 0 Å². The lowest BCUT2D eigenvalue weighted by molar-refractivity contribution is -0.139. The number of hydrogen-bond acceptors (Lipinski definition) is 3. The summed E-state index contributed by atoms with van der Waals surface area (Å²) in [4.78, 5) is 32.5. The summed E-state index contributed by atoms with van der Waals surface area (Å²) >= 11 is 0. The molecule has 3 aliphatic heterocycles. The maximum absolute atomic E-state index is 14.4. The molecule has 186 valence electrons. The molecule has 3 heterocycles. The maximum Gasteiger partial charge on any atom is 0.252 e. The minimum Gasteiger partial charge on any atom is -0.364 e. The monoisotopic (exact) mass is 497 g/mol. The van der Waals surface area contributed by atoms with Gasteiger partial charge in [0.1, 0.15) is 12.2 Å². The zero-order valence-electron chi connectivity index (χ0n) is 20.8. The second kappa shape index (κ2) is 8.73. The third-order valence-electron chi connectivity index (χ3n) is 8.11. The van der Waals surface area contributed by atoms with Crippen molar-refractivity contribution in [2.24, 2.45) is 0 Å². The van der Waals surface area contributed by atoms with Gasteiger partial charge in [0.2, 0.25) is 5.91 Å². The van der Waals surface area contributed by atoms with Gasteiger partial charge in [0, 0.05) is 24.4 Å². The molecule has 3 atom stereocenters. The first-order chi connectivity index (χ1) is 18.7. The number of hydrogen-bond donors (Lipinski definition) is 1. The Morgan fingerprint density at radius 3 is 1.89 bits per heavy atom. The standard InChI is InChI=1S/C33H27N3O2/c37-30-27(20-23-12-4-1-5-13-23)33-26-18-10-11-19-28(26)34-32(33)36(22-25-16-8-3-9-17-25)31(38)29(33)35(30)21-24-14-6-2-7-15-24/h1-20,29,32,34H,21-22H2/b27-20-/t29-,32-,33-/m0/s1. The molecule has 2 fully saturated rings. The summed E-state index contributed by atoms with van der Waals surface area (Å²) in [5, 5.41) is 3.67. The van der Waals surface area contributed by atoms with E-state index in [0.717, 1.165) is 27.9 Å². The smallest absolute Gasteiger partial charge is 0.252 e. The van der Waals surface area contributed by atoms with Crippen molar-refractivity contribution in [2.45, 2.75) is 30.7 Å². The Labute approximate surface area is 222 Å². The lowest BCUT2D eigenvalue weighted by atomic mass is 9.72. The van der Waals surface area contributed by atoms with Crippen molar-refractivity contribution in [3.8, 4) is 0 Å². The molecule has 0 radical (unpaired) electrons. The fourth-order valence-corrected chi connectivity index (χ4v) is 6.54. The summed E-state index contributed by atoms with van der Waals surface area (Å²) in [7, 11) is 0. The van der Waals surface area contributed by atoms with E-state index in [1.807, 2.05) is 114 Å². The highest BCUT2D eigenvalue weighted by Gasteiger charge is 2.72. The Balaban J connectivity index is 1.44. The highest BCUT2D eigenvalue weighted by molar-refractivity contribution is 6.12. The highest BCUT2D eigenvalue weighted by atomic mass is 16.2. The third kappa shape index (κ3) is 3.25. The van der Waals surface area contributed by atoms with E-state index in [-0.39, 0.29) is 18.0 Å². The van der Waals surface area contributed by atoms with E-state index in [4.69, 9.17) is 0 Å². The third-order valence-corrected chi connectivity index (χ3v) is 8.11. The molecule has 3 aliphatic rings. The number of nitrogens with one attached hydrogen (secondary N) is 1. The quantitative estimate of drug-likeness (QED) is 0.385. The van der Waals surface area contributed by atoms with Gasteiger partial charge < -0.3 is 15.1 Å². The van der Waals surface area contributed by atoms with Crippen molar-refractivity contribution >= 4 is 23.6 Å². The van der Waals surface area contributed by atoms with Crippen LogP contribution in [-0.2, 0) is 28.1 Å². The van der Waals surface area contributed by atoms with Crippen LogP contribution in [0.2, 0.25) is 0 Å². The summed E-state index contributed by atoms with van der Waals surface area (Å²) in [6.07, 6.45) is 1.62. The number of fused-ring (bicyclic) bond motifs is 1. The van der Waals surface area contributed by atoms with Crippen LogP contribution >= 0.6 is 0 Å². The van der Waals surface area contributed by atoms with Crippen LogP contribution in [-0.4, -0.2) is 33.8 Å². The van der Waals surface area contributed by atoms with Crippen LogP contribution < -0.4 is 5.32 Å². The molecule has 0 saturated carbocycles. The number of nitrogens with zero attached hydrogens (tertiary/aromatic N) is 2. The molecule has 5 heteroatoms. The van der Waals surface area contributed by atoms with Crippen molar-refractivity contribution in [2.75, 3.05) is 5.32 Å². The van der Waals surface area contributed by atoms with Crippen LogP contribution in [0.3, 0.4) is 0 Å². The normalized spacial score (nSPS) is 24.4. The average Bonchev–Trinajstić information content (AvgIpc) is 3.50. The number of anilines is 1. The van der Waals surface area contributed by atoms with Crippen LogP contribution in [0, 0.1) is 0 Å². The molecule has 2 saturated heterocycles. The van der Waals surface area contributed by atoms with E-state index in [2.05, 4.69) is 17.4 Å². The topological polar surface area (TPSA) is 52.7 Å². The van der Waals surface area contributed by atoms with Gasteiger partial charge in [0.15, 0.2) is 0 Å². The van der Waals surface area contributed by atoms with E-state index in [0.29, 0.717) is 18.7 Å². The number of rotatable bonds is 5. The van der Waals surface area contributed by atoms with Gasteiger partial charge in [-0.3, -0.25) is 9.59 Å². The van der Waals surface area contributed by atoms with Gasteiger partial charge in [-0.25, -0.2) is 0 Å². The van der Waals surface area contributed by atoms with Crippen molar-refractivity contribution in [3.63, 3.8) is 0 Å². The Morgan fingerprint density at radius 1 is 0.684 bits per heavy atom. The van der Waals surface area contributed by atoms with Crippen molar-refractivity contribution in [3.05, 3.63) is 143 Å². The summed E-state index contributed by atoms with van der Waals surface area (Å²) in [6.45, 7) is 0.841. The maximum atomic E-state index is 14.4. The molecule has 0 aliphatic carbocycles. The van der Waals surface area contributed by atoms with E-state index in [1.165, 1.54) is 0 Å². The second-order valence-corrected chi connectivity index (χ2v) is 10.2. The number of carbonyl (C=O) groups excluding carboxylic acids is 2. The molecule has 2 amide bonds. The SMILES string of the molecule is O=C1/C(=C/c2ccccc2)[C@]23c4ccccc4N[C@H]2N(Cc2ccccc2)C(=O)[C@@H]3N1Cc1ccccc1. The molecular formula is C33H27N3O2. The minimum atomic E-state index is -0.829. The predicted octanol–water partition coefficient (Wildman–Crippen LogP) is 5.21. The Hall–Kier alpha value is -4.64. The van der Waals surface area contributed by atoms with Crippen molar-refractivity contribution < 1.29 is 9.59 Å². The number of amides is 2. The fraction of sp³-hybridized carbons (Fsp3) is 0.152. The summed E-state index contributed by atoms with van der Waals surface area (Å²) in [6, 6.07) is 37.4. The number of carbonyl (C=O) groups is 2. The molecule has 0 unspecified atom stereocenters. The summed E-state index contributed by atoms with van der Waals surface area (Å²) in [5.41, 5.74) is 4.82. The number of benzene rings is 4. The zero-order valence-corrected chi connectivity index (χ0v) is 20.8. The predicted molar refractivity (Wildman–Crippen MR) is 148 cm³/mol. The Bertz CT molecular complexity index is 1550. The average molecular weight is 498 g/mol. The molecule has 0 aromatic heterocycles. The van der Waals surface area contributed by atoms with Gasteiger partial charge in [-0.2, -0.15) is 0 Å². The molecule has 38 heavy (non-hydrogen) atoms. The first-order valence-electron chi connectivity index (χ1n) is 13.0. The Morgan fingerprint density at radius 2 is 1.24 bits per heavy atom. The highest BCUT2D eigenvalue weighted by Crippen LogP contribution is 2.59. The number of likely N-dealkylation sites (tertiary alicyclic amines) is 2. The largest absolute Gasteiger partial charge is 0.364 e. The fourth-order valence-electron chi connectivity index (χ4n) is 6.54. The summed E-state index contributed by atoms with van der Waals surface area (Å²) < 4.78 is 0. The van der Waals surface area contributed by atoms with E-state index < -0.39 is 11.5 Å². The molecule has 1 spiro atoms.